The molecule has 108 valence electrons. The molecule has 0 radical (unpaired) electrons. The summed E-state index contributed by atoms with van der Waals surface area (Å²) in [5, 5.41) is 0. The van der Waals surface area contributed by atoms with E-state index in [1.54, 1.807) is 0 Å². The standard InChI is InChI=1S/C16H21NO3/c17-16(10-15(11-16)3-5-18-6-4-15)12-1-2-13-14(9-12)20-8-7-19-13/h1-2,9H,3-8,10-11,17H2. The van der Waals surface area contributed by atoms with Crippen molar-refractivity contribution in [2.75, 3.05) is 26.4 Å². The fourth-order valence-electron chi connectivity index (χ4n) is 4.00. The number of nitrogens with two attached hydrogens (primary N) is 1. The molecular weight excluding hydrogens is 254 g/mol. The van der Waals surface area contributed by atoms with Gasteiger partial charge in [0.1, 0.15) is 13.2 Å². The second kappa shape index (κ2) is 4.37. The number of fused-ring (bicyclic) bond motifs is 1. The van der Waals surface area contributed by atoms with E-state index in [1.807, 2.05) is 6.07 Å². The van der Waals surface area contributed by atoms with Crippen molar-refractivity contribution < 1.29 is 14.2 Å². The van der Waals surface area contributed by atoms with E-state index in [-0.39, 0.29) is 5.54 Å². The molecule has 2 aliphatic heterocycles. The van der Waals surface area contributed by atoms with E-state index in [1.165, 1.54) is 5.56 Å². The van der Waals surface area contributed by atoms with E-state index >= 15 is 0 Å². The summed E-state index contributed by atoms with van der Waals surface area (Å²) in [6.07, 6.45) is 4.42. The third-order valence-electron chi connectivity index (χ3n) is 5.05. The molecule has 2 N–H and O–H groups in total. The van der Waals surface area contributed by atoms with E-state index in [4.69, 9.17) is 19.9 Å². The van der Waals surface area contributed by atoms with Gasteiger partial charge in [0.05, 0.1) is 0 Å². The van der Waals surface area contributed by atoms with Crippen LogP contribution in [0.3, 0.4) is 0 Å². The van der Waals surface area contributed by atoms with Gasteiger partial charge in [-0.25, -0.2) is 0 Å². The summed E-state index contributed by atoms with van der Waals surface area (Å²) in [6.45, 7) is 3.02. The molecule has 4 rings (SSSR count). The summed E-state index contributed by atoms with van der Waals surface area (Å²) in [6, 6.07) is 6.16. The average Bonchev–Trinajstić information content (AvgIpc) is 2.46. The Morgan fingerprint density at radius 2 is 1.60 bits per heavy atom. The van der Waals surface area contributed by atoms with Gasteiger partial charge in [-0.2, -0.15) is 0 Å². The van der Waals surface area contributed by atoms with Crippen LogP contribution < -0.4 is 15.2 Å². The van der Waals surface area contributed by atoms with Gasteiger partial charge in [0.15, 0.2) is 11.5 Å². The first-order chi connectivity index (χ1) is 9.69. The van der Waals surface area contributed by atoms with Crippen molar-refractivity contribution in [3.05, 3.63) is 23.8 Å². The summed E-state index contributed by atoms with van der Waals surface area (Å²) >= 11 is 0. The molecule has 0 bridgehead atoms. The summed E-state index contributed by atoms with van der Waals surface area (Å²) < 4.78 is 16.7. The van der Waals surface area contributed by atoms with Gasteiger partial charge in [0.25, 0.3) is 0 Å². The number of hydrogen-bond donors (Lipinski definition) is 1. The Morgan fingerprint density at radius 1 is 0.900 bits per heavy atom. The molecule has 4 nitrogen and oxygen atoms in total. The largest absolute Gasteiger partial charge is 0.486 e. The van der Waals surface area contributed by atoms with Gasteiger partial charge in [0, 0.05) is 18.8 Å². The highest BCUT2D eigenvalue weighted by Gasteiger charge is 2.53. The Morgan fingerprint density at radius 3 is 2.35 bits per heavy atom. The number of benzene rings is 1. The fraction of sp³-hybridized carbons (Fsp3) is 0.625. The Balaban J connectivity index is 1.56. The van der Waals surface area contributed by atoms with Gasteiger partial charge in [-0.05, 0) is 48.8 Å². The summed E-state index contributed by atoms with van der Waals surface area (Å²) in [4.78, 5) is 0. The maximum atomic E-state index is 6.63. The zero-order valence-corrected chi connectivity index (χ0v) is 11.7. The molecule has 4 heteroatoms. The van der Waals surface area contributed by atoms with Crippen molar-refractivity contribution in [1.29, 1.82) is 0 Å². The molecular formula is C16H21NO3. The van der Waals surface area contributed by atoms with Gasteiger partial charge in [0.2, 0.25) is 0 Å². The number of ether oxygens (including phenoxy) is 3. The van der Waals surface area contributed by atoms with Crippen LogP contribution in [-0.4, -0.2) is 26.4 Å². The predicted molar refractivity (Wildman–Crippen MR) is 75.0 cm³/mol. The first-order valence-corrected chi connectivity index (χ1v) is 7.46. The highest BCUT2D eigenvalue weighted by atomic mass is 16.6. The van der Waals surface area contributed by atoms with Crippen LogP contribution in [0.25, 0.3) is 0 Å². The normalized spacial score (nSPS) is 26.1. The summed E-state index contributed by atoms with van der Waals surface area (Å²) in [5.74, 6) is 1.68. The Kier molecular flexibility index (Phi) is 2.72. The molecule has 3 aliphatic rings. The lowest BCUT2D eigenvalue weighted by Gasteiger charge is -2.56. The number of rotatable bonds is 1. The van der Waals surface area contributed by atoms with Gasteiger partial charge in [-0.1, -0.05) is 6.07 Å². The quantitative estimate of drug-likeness (QED) is 0.853. The van der Waals surface area contributed by atoms with Crippen molar-refractivity contribution in [3.8, 4) is 11.5 Å². The Bertz CT molecular complexity index is 514. The average molecular weight is 275 g/mol. The van der Waals surface area contributed by atoms with E-state index in [2.05, 4.69) is 12.1 Å². The van der Waals surface area contributed by atoms with Crippen molar-refractivity contribution in [1.82, 2.24) is 0 Å². The van der Waals surface area contributed by atoms with E-state index < -0.39 is 0 Å². The maximum absolute atomic E-state index is 6.63. The summed E-state index contributed by atoms with van der Waals surface area (Å²) in [5.41, 5.74) is 8.02. The monoisotopic (exact) mass is 275 g/mol. The van der Waals surface area contributed by atoms with E-state index in [0.29, 0.717) is 18.6 Å². The molecule has 1 saturated heterocycles. The molecule has 2 fully saturated rings. The molecule has 1 aromatic carbocycles. The predicted octanol–water partition coefficient (Wildman–Crippen LogP) is 2.20. The fourth-order valence-corrected chi connectivity index (χ4v) is 4.00. The minimum atomic E-state index is -0.201. The molecule has 0 aromatic heterocycles. The maximum Gasteiger partial charge on any atom is 0.161 e. The first kappa shape index (κ1) is 12.5. The zero-order valence-electron chi connectivity index (χ0n) is 11.7. The molecule has 20 heavy (non-hydrogen) atoms. The summed E-state index contributed by atoms with van der Waals surface area (Å²) in [7, 11) is 0. The highest BCUT2D eigenvalue weighted by Crippen LogP contribution is 2.58. The lowest BCUT2D eigenvalue weighted by Crippen LogP contribution is -2.57. The Hall–Kier alpha value is -1.26. The van der Waals surface area contributed by atoms with Crippen molar-refractivity contribution in [2.45, 2.75) is 31.2 Å². The lowest BCUT2D eigenvalue weighted by atomic mass is 9.52. The van der Waals surface area contributed by atoms with E-state index in [0.717, 1.165) is 50.4 Å². The molecule has 1 aliphatic carbocycles. The molecule has 1 aromatic rings. The second-order valence-corrected chi connectivity index (χ2v) is 6.48. The van der Waals surface area contributed by atoms with Crippen LogP contribution >= 0.6 is 0 Å². The molecule has 2 heterocycles. The van der Waals surface area contributed by atoms with Crippen LogP contribution in [0.2, 0.25) is 0 Å². The highest BCUT2D eigenvalue weighted by molar-refractivity contribution is 5.46. The van der Waals surface area contributed by atoms with Crippen LogP contribution in [0.5, 0.6) is 11.5 Å². The molecule has 0 unspecified atom stereocenters. The minimum absolute atomic E-state index is 0.201. The zero-order chi connectivity index (χ0) is 13.6. The third kappa shape index (κ3) is 1.90. The van der Waals surface area contributed by atoms with Crippen LogP contribution in [-0.2, 0) is 10.3 Å². The molecule has 0 atom stereocenters. The van der Waals surface area contributed by atoms with Crippen molar-refractivity contribution in [2.24, 2.45) is 11.1 Å². The third-order valence-corrected chi connectivity index (χ3v) is 5.05. The first-order valence-electron chi connectivity index (χ1n) is 7.46. The molecule has 1 spiro atoms. The van der Waals surface area contributed by atoms with Crippen LogP contribution in [0.1, 0.15) is 31.2 Å². The SMILES string of the molecule is NC1(c2ccc3c(c2)OCCO3)CC2(CCOCC2)C1. The van der Waals surface area contributed by atoms with Crippen LogP contribution in [0.4, 0.5) is 0 Å². The number of hydrogen-bond acceptors (Lipinski definition) is 4. The van der Waals surface area contributed by atoms with Crippen LogP contribution in [0.15, 0.2) is 18.2 Å². The van der Waals surface area contributed by atoms with E-state index in [9.17, 15) is 0 Å². The molecule has 1 saturated carbocycles. The van der Waals surface area contributed by atoms with Gasteiger partial charge < -0.3 is 19.9 Å². The van der Waals surface area contributed by atoms with Crippen molar-refractivity contribution in [3.63, 3.8) is 0 Å². The van der Waals surface area contributed by atoms with Gasteiger partial charge in [-0.15, -0.1) is 0 Å². The Labute approximate surface area is 119 Å². The topological polar surface area (TPSA) is 53.7 Å². The molecule has 0 amide bonds. The van der Waals surface area contributed by atoms with Gasteiger partial charge in [-0.3, -0.25) is 0 Å². The van der Waals surface area contributed by atoms with Gasteiger partial charge >= 0.3 is 0 Å². The minimum Gasteiger partial charge on any atom is -0.486 e. The van der Waals surface area contributed by atoms with Crippen molar-refractivity contribution >= 4 is 0 Å². The lowest BCUT2D eigenvalue weighted by molar-refractivity contribution is -0.0726. The smallest absolute Gasteiger partial charge is 0.161 e. The van der Waals surface area contributed by atoms with Crippen LogP contribution in [0, 0.1) is 5.41 Å². The second-order valence-electron chi connectivity index (χ2n) is 6.48.